The first-order valence-electron chi connectivity index (χ1n) is 9.40. The van der Waals surface area contributed by atoms with Crippen LogP contribution < -0.4 is 10.6 Å². The zero-order valence-electron chi connectivity index (χ0n) is 16.0. The van der Waals surface area contributed by atoms with Crippen LogP contribution in [0.1, 0.15) is 31.1 Å². The second-order valence-electron chi connectivity index (χ2n) is 6.75. The van der Waals surface area contributed by atoms with Crippen molar-refractivity contribution in [3.05, 3.63) is 22.4 Å². The Labute approximate surface area is 179 Å². The van der Waals surface area contributed by atoms with Gasteiger partial charge in [0.1, 0.15) is 0 Å². The van der Waals surface area contributed by atoms with Crippen molar-refractivity contribution in [1.29, 1.82) is 0 Å². The summed E-state index contributed by atoms with van der Waals surface area (Å²) >= 11 is 1.83. The van der Waals surface area contributed by atoms with Crippen LogP contribution in [0.5, 0.6) is 0 Å². The summed E-state index contributed by atoms with van der Waals surface area (Å²) in [4.78, 5) is 5.73. The lowest BCUT2D eigenvalue weighted by Crippen LogP contribution is -2.40. The van der Waals surface area contributed by atoms with Crippen LogP contribution in [-0.2, 0) is 15.9 Å². The van der Waals surface area contributed by atoms with E-state index >= 15 is 0 Å². The van der Waals surface area contributed by atoms with Gasteiger partial charge in [0.15, 0.2) is 5.96 Å². The van der Waals surface area contributed by atoms with Gasteiger partial charge in [0.25, 0.3) is 0 Å². The van der Waals surface area contributed by atoms with E-state index in [1.165, 1.54) is 4.88 Å². The third-order valence-electron chi connectivity index (χ3n) is 4.42. The number of hydrogen-bond acceptors (Lipinski definition) is 4. The molecule has 2 rings (SSSR count). The molecule has 1 aliphatic rings. The van der Waals surface area contributed by atoms with Crippen molar-refractivity contribution >= 4 is 41.3 Å². The molecule has 1 aromatic heterocycles. The number of halogens is 1. The largest absolute Gasteiger partial charge is 0.381 e. The number of guanidine groups is 1. The van der Waals surface area contributed by atoms with E-state index in [4.69, 9.17) is 9.47 Å². The third kappa shape index (κ3) is 10.1. The van der Waals surface area contributed by atoms with Crippen LogP contribution in [-0.4, -0.2) is 52.5 Å². The van der Waals surface area contributed by atoms with Gasteiger partial charge < -0.3 is 20.1 Å². The molecule has 5 nitrogen and oxygen atoms in total. The van der Waals surface area contributed by atoms with Gasteiger partial charge in [-0.2, -0.15) is 0 Å². The van der Waals surface area contributed by atoms with E-state index in [9.17, 15) is 0 Å². The third-order valence-corrected chi connectivity index (χ3v) is 5.32. The minimum atomic E-state index is 0. The molecule has 1 saturated heterocycles. The van der Waals surface area contributed by atoms with Crippen LogP contribution in [0.4, 0.5) is 0 Å². The highest BCUT2D eigenvalue weighted by Gasteiger charge is 2.13. The Balaban J connectivity index is 0.00000338. The summed E-state index contributed by atoms with van der Waals surface area (Å²) < 4.78 is 11.2. The quantitative estimate of drug-likeness (QED) is 0.226. The number of nitrogens with one attached hydrogen (secondary N) is 2. The Morgan fingerprint density at radius 3 is 2.88 bits per heavy atom. The fourth-order valence-corrected chi connectivity index (χ4v) is 3.75. The van der Waals surface area contributed by atoms with Gasteiger partial charge in [0.2, 0.25) is 0 Å². The minimum Gasteiger partial charge on any atom is -0.381 e. The number of rotatable bonds is 10. The second-order valence-corrected chi connectivity index (χ2v) is 7.79. The molecule has 2 N–H and O–H groups in total. The Morgan fingerprint density at radius 1 is 1.38 bits per heavy atom. The highest BCUT2D eigenvalue weighted by atomic mass is 127. The predicted molar refractivity (Wildman–Crippen MR) is 121 cm³/mol. The SMILES string of the molecule is CN=C(NCCCOCC1CCOCC1)NCC(C)Cc1cccs1.I. The Bertz CT molecular complexity index is 479. The normalized spacial score (nSPS) is 16.8. The van der Waals surface area contributed by atoms with Crippen molar-refractivity contribution in [2.45, 2.75) is 32.6 Å². The Hall–Kier alpha value is -0.380. The Kier molecular flexibility index (Phi) is 13.3. The first-order chi connectivity index (χ1) is 12.3. The molecule has 0 amide bonds. The number of hydrogen-bond donors (Lipinski definition) is 2. The van der Waals surface area contributed by atoms with E-state index in [-0.39, 0.29) is 24.0 Å². The molecule has 2 heterocycles. The zero-order chi connectivity index (χ0) is 17.7. The average molecular weight is 495 g/mol. The lowest BCUT2D eigenvalue weighted by Gasteiger charge is -2.21. The topological polar surface area (TPSA) is 54.9 Å². The molecule has 0 radical (unpaired) electrons. The zero-order valence-corrected chi connectivity index (χ0v) is 19.2. The van der Waals surface area contributed by atoms with Crippen molar-refractivity contribution in [3.8, 4) is 0 Å². The average Bonchev–Trinajstić information content (AvgIpc) is 3.14. The van der Waals surface area contributed by atoms with E-state index in [2.05, 4.69) is 40.1 Å². The summed E-state index contributed by atoms with van der Waals surface area (Å²) in [6.07, 6.45) is 4.38. The maximum absolute atomic E-state index is 5.79. The van der Waals surface area contributed by atoms with Crippen molar-refractivity contribution in [3.63, 3.8) is 0 Å². The molecule has 0 spiro atoms. The molecule has 1 fully saturated rings. The number of aliphatic imine (C=N–C) groups is 1. The monoisotopic (exact) mass is 495 g/mol. The molecule has 0 bridgehead atoms. The van der Waals surface area contributed by atoms with Crippen LogP contribution in [0.25, 0.3) is 0 Å². The van der Waals surface area contributed by atoms with Crippen molar-refractivity contribution in [1.82, 2.24) is 10.6 Å². The van der Waals surface area contributed by atoms with Gasteiger partial charge in [-0.25, -0.2) is 0 Å². The minimum absolute atomic E-state index is 0. The van der Waals surface area contributed by atoms with E-state index in [0.717, 1.165) is 71.2 Å². The fourth-order valence-electron chi connectivity index (χ4n) is 2.88. The molecule has 1 aromatic rings. The molecule has 0 aliphatic carbocycles. The molecule has 7 heteroatoms. The van der Waals surface area contributed by atoms with Crippen LogP contribution >= 0.6 is 35.3 Å². The van der Waals surface area contributed by atoms with Gasteiger partial charge in [-0.1, -0.05) is 13.0 Å². The van der Waals surface area contributed by atoms with Crippen molar-refractivity contribution in [2.24, 2.45) is 16.8 Å². The molecule has 1 unspecified atom stereocenters. The van der Waals surface area contributed by atoms with Crippen LogP contribution in [0, 0.1) is 11.8 Å². The summed E-state index contributed by atoms with van der Waals surface area (Å²) in [7, 11) is 1.82. The second kappa shape index (κ2) is 14.6. The lowest BCUT2D eigenvalue weighted by molar-refractivity contribution is 0.0203. The lowest BCUT2D eigenvalue weighted by atomic mass is 10.0. The van der Waals surface area contributed by atoms with Gasteiger partial charge >= 0.3 is 0 Å². The molecule has 150 valence electrons. The summed E-state index contributed by atoms with van der Waals surface area (Å²) in [5.41, 5.74) is 0. The molecular weight excluding hydrogens is 461 g/mol. The van der Waals surface area contributed by atoms with Gasteiger partial charge in [0.05, 0.1) is 0 Å². The Morgan fingerprint density at radius 2 is 2.19 bits per heavy atom. The molecule has 0 saturated carbocycles. The summed E-state index contributed by atoms with van der Waals surface area (Å²) in [6.45, 7) is 7.53. The highest BCUT2D eigenvalue weighted by Crippen LogP contribution is 2.15. The standard InChI is InChI=1S/C19H33N3O2S.HI/c1-16(13-18-5-3-12-25-18)14-22-19(20-2)21-8-4-9-24-15-17-6-10-23-11-7-17;/h3,5,12,16-17H,4,6-11,13-15H2,1-2H3,(H2,20,21,22);1H. The van der Waals surface area contributed by atoms with Crippen LogP contribution in [0.2, 0.25) is 0 Å². The van der Waals surface area contributed by atoms with Crippen molar-refractivity contribution < 1.29 is 9.47 Å². The van der Waals surface area contributed by atoms with E-state index in [1.807, 2.05) is 18.4 Å². The fraction of sp³-hybridized carbons (Fsp3) is 0.737. The van der Waals surface area contributed by atoms with Gasteiger partial charge in [-0.15, -0.1) is 35.3 Å². The summed E-state index contributed by atoms with van der Waals surface area (Å²) in [5, 5.41) is 8.92. The summed E-state index contributed by atoms with van der Waals surface area (Å²) in [6, 6.07) is 4.32. The molecule has 26 heavy (non-hydrogen) atoms. The van der Waals surface area contributed by atoms with Crippen molar-refractivity contribution in [2.75, 3.05) is 46.6 Å². The van der Waals surface area contributed by atoms with Crippen LogP contribution in [0.3, 0.4) is 0 Å². The van der Waals surface area contributed by atoms with Gasteiger partial charge in [-0.05, 0) is 49.0 Å². The van der Waals surface area contributed by atoms with E-state index < -0.39 is 0 Å². The highest BCUT2D eigenvalue weighted by molar-refractivity contribution is 14.0. The number of thiophene rings is 1. The molecule has 1 aliphatic heterocycles. The smallest absolute Gasteiger partial charge is 0.190 e. The summed E-state index contributed by atoms with van der Waals surface area (Å²) in [5.74, 6) is 2.14. The maximum Gasteiger partial charge on any atom is 0.190 e. The predicted octanol–water partition coefficient (Wildman–Crippen LogP) is 3.54. The molecule has 1 atom stereocenters. The molecule has 0 aromatic carbocycles. The van der Waals surface area contributed by atoms with Gasteiger partial charge in [0, 0.05) is 51.4 Å². The van der Waals surface area contributed by atoms with Gasteiger partial charge in [-0.3, -0.25) is 4.99 Å². The van der Waals surface area contributed by atoms with E-state index in [1.54, 1.807) is 0 Å². The number of ether oxygens (including phenoxy) is 2. The first-order valence-corrected chi connectivity index (χ1v) is 10.3. The molecular formula is C19H34IN3O2S. The number of nitrogens with zero attached hydrogens (tertiary/aromatic N) is 1. The maximum atomic E-state index is 5.79. The van der Waals surface area contributed by atoms with Crippen LogP contribution in [0.15, 0.2) is 22.5 Å². The van der Waals surface area contributed by atoms with E-state index in [0.29, 0.717) is 11.8 Å². The first kappa shape index (κ1) is 23.7.